The van der Waals surface area contributed by atoms with Crippen molar-refractivity contribution in [3.63, 3.8) is 0 Å². The van der Waals surface area contributed by atoms with E-state index in [4.69, 9.17) is 0 Å². The first-order chi connectivity index (χ1) is 12.4. The van der Waals surface area contributed by atoms with Crippen molar-refractivity contribution in [1.29, 1.82) is 0 Å². The Morgan fingerprint density at radius 3 is 2.62 bits per heavy atom. The fourth-order valence-electron chi connectivity index (χ4n) is 4.41. The standard InChI is InChI=1S/C22H34N2O2/c1-22(2,26)13-12-17-8-10-18(11-9-17)21(25)23-16-19-6-5-15-24-14-4-3-7-20(19)24/h8-11,19-20,26H,3-7,12-16H2,1-2H3,(H,23,25)/t19-,20+/m0/s1. The van der Waals surface area contributed by atoms with Crippen molar-refractivity contribution in [2.45, 2.75) is 70.4 Å². The van der Waals surface area contributed by atoms with Gasteiger partial charge in [0.2, 0.25) is 0 Å². The maximum atomic E-state index is 12.5. The topological polar surface area (TPSA) is 52.6 Å². The zero-order valence-electron chi connectivity index (χ0n) is 16.3. The monoisotopic (exact) mass is 358 g/mol. The lowest BCUT2D eigenvalue weighted by atomic mass is 9.83. The van der Waals surface area contributed by atoms with Crippen molar-refractivity contribution in [2.75, 3.05) is 19.6 Å². The highest BCUT2D eigenvalue weighted by Crippen LogP contribution is 2.30. The number of benzene rings is 1. The molecule has 2 atom stereocenters. The first-order valence-electron chi connectivity index (χ1n) is 10.3. The number of carbonyl (C=O) groups excluding carboxylic acids is 1. The number of hydrogen-bond donors (Lipinski definition) is 2. The maximum Gasteiger partial charge on any atom is 0.251 e. The molecular weight excluding hydrogens is 324 g/mol. The molecule has 0 saturated carbocycles. The molecule has 144 valence electrons. The van der Waals surface area contributed by atoms with Crippen LogP contribution in [0.4, 0.5) is 0 Å². The molecule has 4 nitrogen and oxygen atoms in total. The molecule has 0 radical (unpaired) electrons. The number of aryl methyl sites for hydroxylation is 1. The van der Waals surface area contributed by atoms with Crippen LogP contribution in [0.2, 0.25) is 0 Å². The van der Waals surface area contributed by atoms with Crippen LogP contribution in [-0.4, -0.2) is 47.2 Å². The first-order valence-corrected chi connectivity index (χ1v) is 10.3. The van der Waals surface area contributed by atoms with Crippen molar-refractivity contribution >= 4 is 5.91 Å². The Kier molecular flexibility index (Phi) is 6.36. The quantitative estimate of drug-likeness (QED) is 0.820. The van der Waals surface area contributed by atoms with Gasteiger partial charge in [0.15, 0.2) is 0 Å². The van der Waals surface area contributed by atoms with Gasteiger partial charge in [-0.2, -0.15) is 0 Å². The average Bonchev–Trinajstić information content (AvgIpc) is 2.64. The van der Waals surface area contributed by atoms with Gasteiger partial charge in [0, 0.05) is 18.2 Å². The number of piperidine rings is 2. The van der Waals surface area contributed by atoms with Crippen molar-refractivity contribution in [3.05, 3.63) is 35.4 Å². The fraction of sp³-hybridized carbons (Fsp3) is 0.682. The third kappa shape index (κ3) is 5.31. The fourth-order valence-corrected chi connectivity index (χ4v) is 4.41. The normalized spacial score (nSPS) is 24.1. The van der Waals surface area contributed by atoms with Gasteiger partial charge in [0.1, 0.15) is 0 Å². The minimum atomic E-state index is -0.650. The maximum absolute atomic E-state index is 12.5. The highest BCUT2D eigenvalue weighted by Gasteiger charge is 2.32. The number of fused-ring (bicyclic) bond motifs is 1. The third-order valence-electron chi connectivity index (χ3n) is 6.00. The number of rotatable bonds is 6. The second-order valence-electron chi connectivity index (χ2n) is 8.72. The molecule has 0 bridgehead atoms. The summed E-state index contributed by atoms with van der Waals surface area (Å²) in [6.07, 6.45) is 7.98. The molecule has 4 heteroatoms. The molecule has 0 aliphatic carbocycles. The van der Waals surface area contributed by atoms with E-state index in [-0.39, 0.29) is 5.91 Å². The zero-order chi connectivity index (χ0) is 18.6. The summed E-state index contributed by atoms with van der Waals surface area (Å²) in [5, 5.41) is 13.0. The van der Waals surface area contributed by atoms with Gasteiger partial charge in [-0.05, 0) is 89.1 Å². The molecule has 1 aromatic rings. The van der Waals surface area contributed by atoms with Crippen LogP contribution < -0.4 is 5.32 Å². The number of carbonyl (C=O) groups is 1. The second-order valence-corrected chi connectivity index (χ2v) is 8.72. The zero-order valence-corrected chi connectivity index (χ0v) is 16.3. The van der Waals surface area contributed by atoms with Gasteiger partial charge >= 0.3 is 0 Å². The van der Waals surface area contributed by atoms with E-state index in [1.165, 1.54) is 45.2 Å². The number of hydrogen-bond acceptors (Lipinski definition) is 3. The van der Waals surface area contributed by atoms with Gasteiger partial charge in [0.05, 0.1) is 5.60 Å². The highest BCUT2D eigenvalue weighted by molar-refractivity contribution is 5.94. The summed E-state index contributed by atoms with van der Waals surface area (Å²) in [7, 11) is 0. The van der Waals surface area contributed by atoms with Crippen molar-refractivity contribution in [2.24, 2.45) is 5.92 Å². The smallest absolute Gasteiger partial charge is 0.251 e. The second kappa shape index (κ2) is 8.53. The van der Waals surface area contributed by atoms with E-state index in [0.29, 0.717) is 12.0 Å². The lowest BCUT2D eigenvalue weighted by Crippen LogP contribution is -2.51. The number of aliphatic hydroxyl groups is 1. The van der Waals surface area contributed by atoms with E-state index in [1.54, 1.807) is 0 Å². The van der Waals surface area contributed by atoms with Crippen LogP contribution in [0.25, 0.3) is 0 Å². The summed E-state index contributed by atoms with van der Waals surface area (Å²) in [5.41, 5.74) is 1.24. The summed E-state index contributed by atoms with van der Waals surface area (Å²) in [4.78, 5) is 15.2. The molecule has 2 N–H and O–H groups in total. The van der Waals surface area contributed by atoms with E-state index in [9.17, 15) is 9.90 Å². The molecule has 26 heavy (non-hydrogen) atoms. The molecule has 2 heterocycles. The predicted molar refractivity (Wildman–Crippen MR) is 105 cm³/mol. The Labute approximate surface area is 158 Å². The van der Waals surface area contributed by atoms with Gasteiger partial charge in [0.25, 0.3) is 5.91 Å². The van der Waals surface area contributed by atoms with E-state index in [2.05, 4.69) is 10.2 Å². The molecular formula is C22H34N2O2. The molecule has 2 aliphatic heterocycles. The van der Waals surface area contributed by atoms with Crippen molar-refractivity contribution < 1.29 is 9.90 Å². The van der Waals surface area contributed by atoms with Crippen LogP contribution in [0.1, 0.15) is 68.3 Å². The van der Waals surface area contributed by atoms with Crippen LogP contribution >= 0.6 is 0 Å². The Balaban J connectivity index is 1.50. The predicted octanol–water partition coefficient (Wildman–Crippen LogP) is 3.38. The van der Waals surface area contributed by atoms with E-state index < -0.39 is 5.60 Å². The summed E-state index contributed by atoms with van der Waals surface area (Å²) in [5.74, 6) is 0.631. The van der Waals surface area contributed by atoms with Crippen LogP contribution in [0.5, 0.6) is 0 Å². The first kappa shape index (κ1) is 19.4. The summed E-state index contributed by atoms with van der Waals surface area (Å²) >= 11 is 0. The Morgan fingerprint density at radius 1 is 1.15 bits per heavy atom. The Hall–Kier alpha value is -1.39. The molecule has 2 aliphatic rings. The van der Waals surface area contributed by atoms with Crippen LogP contribution in [0, 0.1) is 5.92 Å². The van der Waals surface area contributed by atoms with Gasteiger partial charge in [-0.25, -0.2) is 0 Å². The van der Waals surface area contributed by atoms with Gasteiger partial charge in [-0.3, -0.25) is 4.79 Å². The van der Waals surface area contributed by atoms with Gasteiger partial charge < -0.3 is 15.3 Å². The number of nitrogens with one attached hydrogen (secondary N) is 1. The average molecular weight is 359 g/mol. The van der Waals surface area contributed by atoms with E-state index in [1.807, 2.05) is 38.1 Å². The van der Waals surface area contributed by atoms with E-state index >= 15 is 0 Å². The van der Waals surface area contributed by atoms with Crippen LogP contribution in [0.15, 0.2) is 24.3 Å². The Morgan fingerprint density at radius 2 is 1.88 bits per heavy atom. The highest BCUT2D eigenvalue weighted by atomic mass is 16.3. The molecule has 1 amide bonds. The van der Waals surface area contributed by atoms with Crippen LogP contribution in [-0.2, 0) is 6.42 Å². The molecule has 0 spiro atoms. The molecule has 0 unspecified atom stereocenters. The summed E-state index contributed by atoms with van der Waals surface area (Å²) in [6.45, 7) is 6.92. The molecule has 3 rings (SSSR count). The molecule has 2 fully saturated rings. The summed E-state index contributed by atoms with van der Waals surface area (Å²) in [6, 6.07) is 8.49. The largest absolute Gasteiger partial charge is 0.390 e. The Bertz CT molecular complexity index is 589. The molecule has 0 aromatic heterocycles. The van der Waals surface area contributed by atoms with E-state index in [0.717, 1.165) is 30.5 Å². The van der Waals surface area contributed by atoms with Crippen molar-refractivity contribution in [1.82, 2.24) is 10.2 Å². The SMILES string of the molecule is CC(C)(O)CCc1ccc(C(=O)NC[C@@H]2CCCN3CCCC[C@H]23)cc1. The minimum absolute atomic E-state index is 0.0342. The third-order valence-corrected chi connectivity index (χ3v) is 6.00. The number of amides is 1. The van der Waals surface area contributed by atoms with Gasteiger partial charge in [-0.1, -0.05) is 18.6 Å². The lowest BCUT2D eigenvalue weighted by Gasteiger charge is -2.44. The van der Waals surface area contributed by atoms with Crippen molar-refractivity contribution in [3.8, 4) is 0 Å². The van der Waals surface area contributed by atoms with Gasteiger partial charge in [-0.15, -0.1) is 0 Å². The number of nitrogens with zero attached hydrogens (tertiary/aromatic N) is 1. The van der Waals surface area contributed by atoms with Crippen LogP contribution in [0.3, 0.4) is 0 Å². The lowest BCUT2D eigenvalue weighted by molar-refractivity contribution is 0.0575. The summed E-state index contributed by atoms with van der Waals surface area (Å²) < 4.78 is 0. The minimum Gasteiger partial charge on any atom is -0.390 e. The molecule has 2 saturated heterocycles. The molecule has 1 aromatic carbocycles.